The lowest BCUT2D eigenvalue weighted by atomic mass is 10.0. The first-order chi connectivity index (χ1) is 13.4. The van der Waals surface area contributed by atoms with Crippen molar-refractivity contribution in [2.75, 3.05) is 19.6 Å². The Kier molecular flexibility index (Phi) is 5.27. The number of nitrogens with zero attached hydrogens (tertiary/aromatic N) is 4. The number of hydrogen-bond acceptors (Lipinski definition) is 6. The largest absolute Gasteiger partial charge is 0.436 e. The Balaban J connectivity index is 1.23. The lowest BCUT2D eigenvalue weighted by Gasteiger charge is -2.36. The summed E-state index contributed by atoms with van der Waals surface area (Å²) in [5.41, 5.74) is 0.705. The van der Waals surface area contributed by atoms with Gasteiger partial charge in [0.05, 0.1) is 19.3 Å². The smallest absolute Gasteiger partial charge is 0.415 e. The molecular weight excluding hydrogens is 384 g/mol. The summed E-state index contributed by atoms with van der Waals surface area (Å²) in [5, 5.41) is 11.6. The van der Waals surface area contributed by atoms with Crippen molar-refractivity contribution >= 4 is 17.4 Å². The van der Waals surface area contributed by atoms with Gasteiger partial charge in [-0.05, 0) is 42.4 Å². The SMILES string of the molecule is CC1(CN2CCC(OCc3ccc(Cl)cc3)CC2)Cn2cc([N+](=O)[O-])nc2O1. The van der Waals surface area contributed by atoms with Crippen molar-refractivity contribution in [1.82, 2.24) is 14.5 Å². The molecule has 0 N–H and O–H groups in total. The van der Waals surface area contributed by atoms with Crippen LogP contribution in [-0.4, -0.2) is 50.7 Å². The fourth-order valence-electron chi connectivity index (χ4n) is 3.87. The molecular formula is C19H23ClN4O4. The highest BCUT2D eigenvalue weighted by molar-refractivity contribution is 6.30. The number of fused-ring (bicyclic) bond motifs is 1. The molecule has 1 saturated heterocycles. The second-order valence-corrected chi connectivity index (χ2v) is 8.17. The molecule has 3 heterocycles. The van der Waals surface area contributed by atoms with Gasteiger partial charge < -0.3 is 19.6 Å². The van der Waals surface area contributed by atoms with Gasteiger partial charge in [0.15, 0.2) is 0 Å². The number of aromatic nitrogens is 2. The first-order valence-corrected chi connectivity index (χ1v) is 9.77. The van der Waals surface area contributed by atoms with Crippen LogP contribution in [0.2, 0.25) is 5.02 Å². The van der Waals surface area contributed by atoms with Gasteiger partial charge in [-0.1, -0.05) is 23.7 Å². The maximum absolute atomic E-state index is 10.8. The maximum Gasteiger partial charge on any atom is 0.415 e. The molecule has 2 aliphatic heterocycles. The lowest BCUT2D eigenvalue weighted by molar-refractivity contribution is -0.389. The number of nitro groups is 1. The van der Waals surface area contributed by atoms with Crippen LogP contribution in [0.5, 0.6) is 6.01 Å². The van der Waals surface area contributed by atoms with Crippen molar-refractivity contribution in [2.24, 2.45) is 0 Å². The van der Waals surface area contributed by atoms with E-state index < -0.39 is 10.5 Å². The Morgan fingerprint density at radius 2 is 2.07 bits per heavy atom. The van der Waals surface area contributed by atoms with Gasteiger partial charge in [-0.2, -0.15) is 0 Å². The molecule has 0 spiro atoms. The number of rotatable bonds is 6. The van der Waals surface area contributed by atoms with Crippen LogP contribution in [0, 0.1) is 10.1 Å². The van der Waals surface area contributed by atoms with Crippen LogP contribution >= 0.6 is 11.6 Å². The van der Waals surface area contributed by atoms with Crippen molar-refractivity contribution in [3.8, 4) is 6.01 Å². The number of ether oxygens (including phenoxy) is 2. The zero-order chi connectivity index (χ0) is 19.7. The van der Waals surface area contributed by atoms with E-state index in [1.165, 1.54) is 6.20 Å². The van der Waals surface area contributed by atoms with E-state index in [1.807, 2.05) is 31.2 Å². The van der Waals surface area contributed by atoms with Crippen molar-refractivity contribution in [2.45, 2.75) is 44.6 Å². The Bertz CT molecular complexity index is 823. The average molecular weight is 407 g/mol. The molecule has 1 unspecified atom stereocenters. The third kappa shape index (κ3) is 4.29. The minimum atomic E-state index is -0.499. The third-order valence-electron chi connectivity index (χ3n) is 5.25. The fourth-order valence-corrected chi connectivity index (χ4v) is 3.99. The number of likely N-dealkylation sites (tertiary alicyclic amines) is 1. The Labute approximate surface area is 168 Å². The van der Waals surface area contributed by atoms with Crippen molar-refractivity contribution in [3.05, 3.63) is 51.2 Å². The summed E-state index contributed by atoms with van der Waals surface area (Å²) in [7, 11) is 0. The molecule has 8 nitrogen and oxygen atoms in total. The molecule has 0 saturated carbocycles. The topological polar surface area (TPSA) is 82.7 Å². The van der Waals surface area contributed by atoms with Crippen LogP contribution in [-0.2, 0) is 17.9 Å². The second kappa shape index (κ2) is 7.69. The first-order valence-electron chi connectivity index (χ1n) is 9.39. The van der Waals surface area contributed by atoms with E-state index in [-0.39, 0.29) is 11.9 Å². The predicted molar refractivity (Wildman–Crippen MR) is 104 cm³/mol. The van der Waals surface area contributed by atoms with E-state index >= 15 is 0 Å². The second-order valence-electron chi connectivity index (χ2n) is 7.73. The molecule has 1 aromatic heterocycles. The third-order valence-corrected chi connectivity index (χ3v) is 5.50. The van der Waals surface area contributed by atoms with Gasteiger partial charge >= 0.3 is 11.8 Å². The van der Waals surface area contributed by atoms with E-state index in [4.69, 9.17) is 21.1 Å². The van der Waals surface area contributed by atoms with Gasteiger partial charge in [0.1, 0.15) is 11.8 Å². The normalized spacial score (nSPS) is 22.8. The molecule has 1 aromatic carbocycles. The highest BCUT2D eigenvalue weighted by atomic mass is 35.5. The molecule has 2 aromatic rings. The monoisotopic (exact) mass is 406 g/mol. The van der Waals surface area contributed by atoms with Crippen LogP contribution in [0.3, 0.4) is 0 Å². The molecule has 4 rings (SSSR count). The zero-order valence-corrected chi connectivity index (χ0v) is 16.5. The Hall–Kier alpha value is -2.16. The summed E-state index contributed by atoms with van der Waals surface area (Å²) in [5.74, 6) is -0.171. The van der Waals surface area contributed by atoms with Crippen molar-refractivity contribution in [1.29, 1.82) is 0 Å². The molecule has 0 bridgehead atoms. The predicted octanol–water partition coefficient (Wildman–Crippen LogP) is 3.28. The summed E-state index contributed by atoms with van der Waals surface area (Å²) >= 11 is 5.91. The number of imidazole rings is 1. The van der Waals surface area contributed by atoms with Crippen LogP contribution in [0.4, 0.5) is 5.82 Å². The van der Waals surface area contributed by atoms with Gasteiger partial charge in [-0.15, -0.1) is 0 Å². The minimum Gasteiger partial charge on any atom is -0.436 e. The number of halogens is 1. The molecule has 1 atom stereocenters. The number of benzene rings is 1. The van der Waals surface area contributed by atoms with E-state index in [0.717, 1.165) is 43.1 Å². The standard InChI is InChI=1S/C19H23ClN4O4/c1-19(13-23-10-17(24(25)26)21-18(23)28-19)12-22-8-6-16(7-9-22)27-11-14-2-4-15(20)5-3-14/h2-5,10,16H,6-9,11-13H2,1H3. The first kappa shape index (κ1) is 19.2. The molecule has 0 aliphatic carbocycles. The zero-order valence-electron chi connectivity index (χ0n) is 15.7. The average Bonchev–Trinajstić information content (AvgIpc) is 3.17. The summed E-state index contributed by atoms with van der Waals surface area (Å²) in [6, 6.07) is 8.07. The molecule has 9 heteroatoms. The van der Waals surface area contributed by atoms with E-state index in [9.17, 15) is 10.1 Å². The minimum absolute atomic E-state index is 0.171. The highest BCUT2D eigenvalue weighted by Crippen LogP contribution is 2.32. The number of hydrogen-bond donors (Lipinski definition) is 0. The summed E-state index contributed by atoms with van der Waals surface area (Å²) in [6.07, 6.45) is 3.64. The van der Waals surface area contributed by atoms with Gasteiger partial charge in [0, 0.05) is 29.6 Å². The quantitative estimate of drug-likeness (QED) is 0.540. The Morgan fingerprint density at radius 3 is 2.71 bits per heavy atom. The molecule has 150 valence electrons. The van der Waals surface area contributed by atoms with Crippen LogP contribution in [0.25, 0.3) is 0 Å². The summed E-state index contributed by atoms with van der Waals surface area (Å²) in [4.78, 5) is 16.6. The van der Waals surface area contributed by atoms with Crippen molar-refractivity contribution < 1.29 is 14.4 Å². The van der Waals surface area contributed by atoms with Gasteiger partial charge in [-0.25, -0.2) is 0 Å². The molecule has 28 heavy (non-hydrogen) atoms. The Morgan fingerprint density at radius 1 is 1.36 bits per heavy atom. The highest BCUT2D eigenvalue weighted by Gasteiger charge is 2.41. The lowest BCUT2D eigenvalue weighted by Crippen LogP contribution is -2.48. The van der Waals surface area contributed by atoms with Gasteiger partial charge in [0.25, 0.3) is 0 Å². The number of piperidine rings is 1. The molecule has 2 aliphatic rings. The van der Waals surface area contributed by atoms with Gasteiger partial charge in [-0.3, -0.25) is 9.47 Å². The van der Waals surface area contributed by atoms with Crippen LogP contribution < -0.4 is 4.74 Å². The maximum atomic E-state index is 10.8. The van der Waals surface area contributed by atoms with Gasteiger partial charge in [0.2, 0.25) is 0 Å². The molecule has 0 amide bonds. The molecule has 0 radical (unpaired) electrons. The fraction of sp³-hybridized carbons (Fsp3) is 0.526. The van der Waals surface area contributed by atoms with E-state index in [1.54, 1.807) is 4.57 Å². The van der Waals surface area contributed by atoms with E-state index in [0.29, 0.717) is 19.2 Å². The summed E-state index contributed by atoms with van der Waals surface area (Å²) < 4.78 is 13.7. The molecule has 1 fully saturated rings. The van der Waals surface area contributed by atoms with Crippen molar-refractivity contribution in [3.63, 3.8) is 0 Å². The van der Waals surface area contributed by atoms with E-state index in [2.05, 4.69) is 9.88 Å². The summed E-state index contributed by atoms with van der Waals surface area (Å²) in [6.45, 7) is 5.82. The van der Waals surface area contributed by atoms with Crippen LogP contribution in [0.15, 0.2) is 30.5 Å². The van der Waals surface area contributed by atoms with Crippen LogP contribution in [0.1, 0.15) is 25.3 Å².